The van der Waals surface area contributed by atoms with E-state index in [0.29, 0.717) is 0 Å². The van der Waals surface area contributed by atoms with E-state index in [0.717, 1.165) is 18.4 Å². The molecule has 1 unspecified atom stereocenters. The smallest absolute Gasteiger partial charge is 0.0963 e. The van der Waals surface area contributed by atoms with Crippen LogP contribution in [0.3, 0.4) is 0 Å². The van der Waals surface area contributed by atoms with Crippen LogP contribution in [0.1, 0.15) is 32.3 Å². The Labute approximate surface area is 66.8 Å². The van der Waals surface area contributed by atoms with Crippen molar-refractivity contribution in [2.24, 2.45) is 0 Å². The molecule has 11 heavy (non-hydrogen) atoms. The van der Waals surface area contributed by atoms with E-state index in [2.05, 4.69) is 6.92 Å². The first-order valence-corrected chi connectivity index (χ1v) is 3.92. The highest BCUT2D eigenvalue weighted by molar-refractivity contribution is 5.14. The van der Waals surface area contributed by atoms with Crippen molar-refractivity contribution in [2.45, 2.75) is 32.3 Å². The highest BCUT2D eigenvalue weighted by Crippen LogP contribution is 2.25. The molecular weight excluding hydrogens is 140 g/mol. The molecule has 0 aliphatic carbocycles. The third kappa shape index (κ3) is 1.84. The van der Waals surface area contributed by atoms with Crippen molar-refractivity contribution in [3.8, 4) is 0 Å². The highest BCUT2D eigenvalue weighted by atomic mass is 16.3. The van der Waals surface area contributed by atoms with Crippen LogP contribution in [-0.2, 0) is 5.60 Å². The Hall–Kier alpha value is -0.760. The second-order valence-corrected chi connectivity index (χ2v) is 3.04. The van der Waals surface area contributed by atoms with Gasteiger partial charge in [-0.25, -0.2) is 0 Å². The lowest BCUT2D eigenvalue weighted by Gasteiger charge is -2.20. The zero-order valence-electron chi connectivity index (χ0n) is 7.00. The van der Waals surface area contributed by atoms with Crippen molar-refractivity contribution in [1.29, 1.82) is 0 Å². The number of aliphatic hydroxyl groups is 1. The van der Waals surface area contributed by atoms with Crippen LogP contribution in [0, 0.1) is 0 Å². The lowest BCUT2D eigenvalue weighted by atomic mass is 9.94. The van der Waals surface area contributed by atoms with E-state index in [1.165, 1.54) is 0 Å². The van der Waals surface area contributed by atoms with Gasteiger partial charge in [-0.05, 0) is 19.4 Å². The Morgan fingerprint density at radius 1 is 1.64 bits per heavy atom. The van der Waals surface area contributed by atoms with Crippen LogP contribution in [-0.4, -0.2) is 5.11 Å². The summed E-state index contributed by atoms with van der Waals surface area (Å²) in [7, 11) is 0. The largest absolute Gasteiger partial charge is 0.472 e. The first kappa shape index (κ1) is 8.34. The fourth-order valence-corrected chi connectivity index (χ4v) is 1.20. The first-order chi connectivity index (χ1) is 5.17. The molecule has 1 heterocycles. The van der Waals surface area contributed by atoms with Gasteiger partial charge in [-0.15, -0.1) is 0 Å². The van der Waals surface area contributed by atoms with Crippen LogP contribution < -0.4 is 0 Å². The molecule has 1 atom stereocenters. The molecule has 0 saturated carbocycles. The number of hydrogen-bond acceptors (Lipinski definition) is 2. The van der Waals surface area contributed by atoms with Gasteiger partial charge in [0.15, 0.2) is 0 Å². The molecule has 2 nitrogen and oxygen atoms in total. The molecule has 0 aliphatic heterocycles. The average molecular weight is 154 g/mol. The minimum absolute atomic E-state index is 0.720. The second kappa shape index (κ2) is 3.09. The van der Waals surface area contributed by atoms with Crippen LogP contribution in [0.2, 0.25) is 0 Å². The molecule has 1 N–H and O–H groups in total. The summed E-state index contributed by atoms with van der Waals surface area (Å²) in [6.45, 7) is 3.86. The molecule has 0 spiro atoms. The third-order valence-electron chi connectivity index (χ3n) is 1.88. The number of hydrogen-bond donors (Lipinski definition) is 1. The third-order valence-corrected chi connectivity index (χ3v) is 1.88. The maximum absolute atomic E-state index is 9.81. The summed E-state index contributed by atoms with van der Waals surface area (Å²) >= 11 is 0. The Morgan fingerprint density at radius 3 is 2.82 bits per heavy atom. The lowest BCUT2D eigenvalue weighted by molar-refractivity contribution is 0.0464. The molecule has 0 aromatic carbocycles. The van der Waals surface area contributed by atoms with E-state index in [1.54, 1.807) is 25.5 Å². The molecule has 62 valence electrons. The minimum atomic E-state index is -0.720. The van der Waals surface area contributed by atoms with Crippen molar-refractivity contribution < 1.29 is 9.52 Å². The quantitative estimate of drug-likeness (QED) is 0.724. The van der Waals surface area contributed by atoms with Crippen molar-refractivity contribution in [3.63, 3.8) is 0 Å². The predicted molar refractivity (Wildman–Crippen MR) is 43.2 cm³/mol. The van der Waals surface area contributed by atoms with Crippen molar-refractivity contribution >= 4 is 0 Å². The van der Waals surface area contributed by atoms with Gasteiger partial charge in [0.2, 0.25) is 0 Å². The number of rotatable bonds is 3. The summed E-state index contributed by atoms with van der Waals surface area (Å²) < 4.78 is 4.89. The standard InChI is InChI=1S/C9H14O2/c1-3-5-9(2,10)8-4-6-11-7-8/h4,6-7,10H,3,5H2,1-2H3. The monoisotopic (exact) mass is 154 g/mol. The maximum atomic E-state index is 9.81. The van der Waals surface area contributed by atoms with E-state index < -0.39 is 5.60 Å². The van der Waals surface area contributed by atoms with Gasteiger partial charge in [-0.1, -0.05) is 13.3 Å². The molecule has 1 rings (SSSR count). The average Bonchev–Trinajstić information content (AvgIpc) is 2.37. The van der Waals surface area contributed by atoms with Crippen molar-refractivity contribution in [1.82, 2.24) is 0 Å². The molecule has 0 amide bonds. The van der Waals surface area contributed by atoms with Gasteiger partial charge in [-0.3, -0.25) is 0 Å². The first-order valence-electron chi connectivity index (χ1n) is 3.92. The van der Waals surface area contributed by atoms with Gasteiger partial charge in [0, 0.05) is 5.56 Å². The van der Waals surface area contributed by atoms with Gasteiger partial charge in [0.1, 0.15) is 0 Å². The molecule has 1 aromatic rings. The summed E-state index contributed by atoms with van der Waals surface area (Å²) in [6, 6.07) is 1.80. The van der Waals surface area contributed by atoms with Crippen LogP contribution in [0.25, 0.3) is 0 Å². The normalized spacial score (nSPS) is 16.3. The fraction of sp³-hybridized carbons (Fsp3) is 0.556. The second-order valence-electron chi connectivity index (χ2n) is 3.04. The Morgan fingerprint density at radius 2 is 2.36 bits per heavy atom. The number of furan rings is 1. The molecule has 2 heteroatoms. The van der Waals surface area contributed by atoms with Gasteiger partial charge >= 0.3 is 0 Å². The van der Waals surface area contributed by atoms with Crippen molar-refractivity contribution in [3.05, 3.63) is 24.2 Å². The van der Waals surface area contributed by atoms with Crippen LogP contribution in [0.5, 0.6) is 0 Å². The van der Waals surface area contributed by atoms with Crippen LogP contribution in [0.4, 0.5) is 0 Å². The fourth-order valence-electron chi connectivity index (χ4n) is 1.20. The van der Waals surface area contributed by atoms with Gasteiger partial charge in [0.25, 0.3) is 0 Å². The molecule has 0 fully saturated rings. The zero-order valence-corrected chi connectivity index (χ0v) is 7.00. The molecule has 0 aliphatic rings. The van der Waals surface area contributed by atoms with Crippen LogP contribution >= 0.6 is 0 Å². The van der Waals surface area contributed by atoms with E-state index in [-0.39, 0.29) is 0 Å². The minimum Gasteiger partial charge on any atom is -0.472 e. The Balaban J connectivity index is 2.73. The molecule has 0 saturated heterocycles. The summed E-state index contributed by atoms with van der Waals surface area (Å²) in [4.78, 5) is 0. The maximum Gasteiger partial charge on any atom is 0.0963 e. The molecule has 0 bridgehead atoms. The van der Waals surface area contributed by atoms with Gasteiger partial charge in [0.05, 0.1) is 18.1 Å². The summed E-state index contributed by atoms with van der Waals surface area (Å²) in [5, 5.41) is 9.81. The topological polar surface area (TPSA) is 33.4 Å². The summed E-state index contributed by atoms with van der Waals surface area (Å²) in [5.74, 6) is 0. The zero-order chi connectivity index (χ0) is 8.32. The van der Waals surface area contributed by atoms with E-state index in [9.17, 15) is 5.11 Å². The lowest BCUT2D eigenvalue weighted by Crippen LogP contribution is -2.19. The van der Waals surface area contributed by atoms with Crippen molar-refractivity contribution in [2.75, 3.05) is 0 Å². The predicted octanol–water partition coefficient (Wildman–Crippen LogP) is 2.29. The van der Waals surface area contributed by atoms with Gasteiger partial charge in [-0.2, -0.15) is 0 Å². The molecule has 0 radical (unpaired) electrons. The molecule has 1 aromatic heterocycles. The van der Waals surface area contributed by atoms with E-state index in [1.807, 2.05) is 0 Å². The highest BCUT2D eigenvalue weighted by Gasteiger charge is 2.22. The summed E-state index contributed by atoms with van der Waals surface area (Å²) in [5.41, 5.74) is 0.140. The Kier molecular flexibility index (Phi) is 2.35. The SMILES string of the molecule is CCCC(C)(O)c1ccoc1. The summed E-state index contributed by atoms with van der Waals surface area (Å²) in [6.07, 6.45) is 4.92. The molecular formula is C9H14O2. The van der Waals surface area contributed by atoms with Gasteiger partial charge < -0.3 is 9.52 Å². The van der Waals surface area contributed by atoms with E-state index in [4.69, 9.17) is 4.42 Å². The van der Waals surface area contributed by atoms with Crippen LogP contribution in [0.15, 0.2) is 23.0 Å². The van der Waals surface area contributed by atoms with E-state index >= 15 is 0 Å². The Bertz CT molecular complexity index is 199.